The number of hydrogen-bond acceptors (Lipinski definition) is 6. The monoisotopic (exact) mass is 368 g/mol. The molecule has 3 heterocycles. The van der Waals surface area contributed by atoms with Gasteiger partial charge >= 0.3 is 6.09 Å². The van der Waals surface area contributed by atoms with Gasteiger partial charge in [-0.2, -0.15) is 0 Å². The number of aryl methyl sites for hydroxylation is 2. The Morgan fingerprint density at radius 3 is 2.52 bits per heavy atom. The maximum absolute atomic E-state index is 12.3. The zero-order chi connectivity index (χ0) is 19.0. The van der Waals surface area contributed by atoms with E-state index in [0.29, 0.717) is 25.6 Å². The molecule has 4 rings (SSSR count). The highest BCUT2D eigenvalue weighted by Crippen LogP contribution is 2.29. The number of amides is 1. The summed E-state index contributed by atoms with van der Waals surface area (Å²) in [5.41, 5.74) is 3.06. The van der Waals surface area contributed by atoms with Crippen molar-refractivity contribution in [1.29, 1.82) is 0 Å². The van der Waals surface area contributed by atoms with E-state index in [1.807, 2.05) is 49.1 Å². The summed E-state index contributed by atoms with van der Waals surface area (Å²) in [6.07, 6.45) is 0.430. The van der Waals surface area contributed by atoms with Crippen molar-refractivity contribution in [3.05, 3.63) is 47.3 Å². The first kappa shape index (κ1) is 17.6. The maximum Gasteiger partial charge on any atom is 0.410 e. The zero-order valence-electron chi connectivity index (χ0n) is 15.9. The van der Waals surface area contributed by atoms with Gasteiger partial charge in [0.1, 0.15) is 11.9 Å². The lowest BCUT2D eigenvalue weighted by Gasteiger charge is -2.22. The van der Waals surface area contributed by atoms with Crippen molar-refractivity contribution in [3.63, 3.8) is 0 Å². The second-order valence-electron chi connectivity index (χ2n) is 7.14. The Bertz CT molecular complexity index is 819. The average molecular weight is 368 g/mol. The van der Waals surface area contributed by atoms with Gasteiger partial charge in [-0.1, -0.05) is 12.1 Å². The molecule has 1 amide bonds. The topological polar surface area (TPSA) is 67.8 Å². The summed E-state index contributed by atoms with van der Waals surface area (Å²) in [4.78, 5) is 25.3. The lowest BCUT2D eigenvalue weighted by Crippen LogP contribution is -2.39. The van der Waals surface area contributed by atoms with Gasteiger partial charge in [-0.05, 0) is 44.0 Å². The van der Waals surface area contributed by atoms with Crippen LogP contribution in [0.25, 0.3) is 0 Å². The number of carbonyl (C=O) groups is 1. The van der Waals surface area contributed by atoms with Gasteiger partial charge < -0.3 is 14.4 Å². The van der Waals surface area contributed by atoms with E-state index in [2.05, 4.69) is 14.9 Å². The van der Waals surface area contributed by atoms with Crippen molar-refractivity contribution in [2.45, 2.75) is 32.4 Å². The van der Waals surface area contributed by atoms with E-state index in [-0.39, 0.29) is 18.2 Å². The van der Waals surface area contributed by atoms with Gasteiger partial charge in [-0.3, -0.25) is 4.90 Å². The van der Waals surface area contributed by atoms with Gasteiger partial charge in [0, 0.05) is 24.5 Å². The summed E-state index contributed by atoms with van der Waals surface area (Å²) in [7, 11) is 1.65. The van der Waals surface area contributed by atoms with Gasteiger partial charge in [-0.25, -0.2) is 14.8 Å². The summed E-state index contributed by atoms with van der Waals surface area (Å²) in [5.74, 6) is 1.55. The molecular weight excluding hydrogens is 344 g/mol. The van der Waals surface area contributed by atoms with E-state index >= 15 is 0 Å². The van der Waals surface area contributed by atoms with Crippen molar-refractivity contribution in [2.75, 3.05) is 31.6 Å². The minimum atomic E-state index is -0.223. The minimum Gasteiger partial charge on any atom is -0.497 e. The van der Waals surface area contributed by atoms with Crippen molar-refractivity contribution in [1.82, 2.24) is 14.9 Å². The van der Waals surface area contributed by atoms with Crippen LogP contribution in [0.5, 0.6) is 5.75 Å². The first-order valence-corrected chi connectivity index (χ1v) is 9.21. The summed E-state index contributed by atoms with van der Waals surface area (Å²) in [6, 6.07) is 9.94. The third-order valence-corrected chi connectivity index (χ3v) is 5.18. The smallest absolute Gasteiger partial charge is 0.410 e. The maximum atomic E-state index is 12.3. The minimum absolute atomic E-state index is 0.0418. The van der Waals surface area contributed by atoms with Crippen LogP contribution >= 0.6 is 0 Å². The number of ether oxygens (including phenoxy) is 2. The predicted molar refractivity (Wildman–Crippen MR) is 101 cm³/mol. The Labute approximate surface area is 158 Å². The van der Waals surface area contributed by atoms with E-state index in [1.54, 1.807) is 7.11 Å². The molecule has 0 spiro atoms. The molecule has 0 unspecified atom stereocenters. The van der Waals surface area contributed by atoms with Crippen LogP contribution < -0.4 is 9.64 Å². The zero-order valence-corrected chi connectivity index (χ0v) is 15.9. The second-order valence-corrected chi connectivity index (χ2v) is 7.14. The average Bonchev–Trinajstić information content (AvgIpc) is 3.17. The van der Waals surface area contributed by atoms with E-state index in [1.165, 1.54) is 5.56 Å². The molecule has 2 aliphatic heterocycles. The van der Waals surface area contributed by atoms with Crippen LogP contribution in [0.1, 0.15) is 17.0 Å². The molecule has 7 heteroatoms. The number of methoxy groups -OCH3 is 1. The molecule has 0 aliphatic carbocycles. The number of benzene rings is 1. The lowest BCUT2D eigenvalue weighted by atomic mass is 10.1. The predicted octanol–water partition coefficient (Wildman–Crippen LogP) is 2.35. The van der Waals surface area contributed by atoms with E-state index < -0.39 is 0 Å². The van der Waals surface area contributed by atoms with Gasteiger partial charge in [0.2, 0.25) is 5.95 Å². The summed E-state index contributed by atoms with van der Waals surface area (Å²) in [6.45, 7) is 5.90. The number of fused-ring (bicyclic) bond motifs is 1. The molecule has 1 aromatic heterocycles. The standard InChI is InChI=1S/C20H24N4O3/c1-13-10-14(2)22-19(21-13)23-11-17-18(12-23)27-20(25)24(17)9-8-15-4-6-16(26-3)7-5-15/h4-7,10,17-18H,8-9,11-12H2,1-3H3/t17-,18+/m1/s1. The first-order chi connectivity index (χ1) is 13.0. The SMILES string of the molecule is COc1ccc(CCN2C(=O)O[C@H]3CN(c4nc(C)cc(C)n4)C[C@H]32)cc1. The molecular formula is C20H24N4O3. The molecule has 2 aliphatic rings. The molecule has 27 heavy (non-hydrogen) atoms. The summed E-state index contributed by atoms with van der Waals surface area (Å²) in [5, 5.41) is 0. The fourth-order valence-corrected chi connectivity index (χ4v) is 3.82. The number of carbonyl (C=O) groups excluding carboxylic acids is 1. The Kier molecular flexibility index (Phi) is 4.59. The quantitative estimate of drug-likeness (QED) is 0.807. The number of anilines is 1. The van der Waals surface area contributed by atoms with Crippen LogP contribution in [-0.4, -0.2) is 59.9 Å². The Hall–Kier alpha value is -2.83. The molecule has 2 fully saturated rings. The van der Waals surface area contributed by atoms with Crippen LogP contribution in [0.15, 0.2) is 30.3 Å². The molecule has 0 radical (unpaired) electrons. The van der Waals surface area contributed by atoms with Crippen LogP contribution in [-0.2, 0) is 11.2 Å². The van der Waals surface area contributed by atoms with E-state index in [9.17, 15) is 4.79 Å². The fourth-order valence-electron chi connectivity index (χ4n) is 3.82. The Morgan fingerprint density at radius 2 is 1.85 bits per heavy atom. The fraction of sp³-hybridized carbons (Fsp3) is 0.450. The van der Waals surface area contributed by atoms with Gasteiger partial charge in [-0.15, -0.1) is 0 Å². The normalized spacial score (nSPS) is 21.4. The van der Waals surface area contributed by atoms with Crippen molar-refractivity contribution in [2.24, 2.45) is 0 Å². The molecule has 2 aromatic rings. The number of rotatable bonds is 5. The Balaban J connectivity index is 1.43. The third-order valence-electron chi connectivity index (χ3n) is 5.18. The highest BCUT2D eigenvalue weighted by molar-refractivity contribution is 5.71. The molecule has 0 bridgehead atoms. The van der Waals surface area contributed by atoms with Crippen molar-refractivity contribution >= 4 is 12.0 Å². The van der Waals surface area contributed by atoms with Gasteiger partial charge in [0.15, 0.2) is 0 Å². The van der Waals surface area contributed by atoms with Crippen LogP contribution in [0, 0.1) is 13.8 Å². The lowest BCUT2D eigenvalue weighted by molar-refractivity contribution is 0.136. The number of nitrogens with zero attached hydrogens (tertiary/aromatic N) is 4. The van der Waals surface area contributed by atoms with E-state index in [0.717, 1.165) is 23.6 Å². The second kappa shape index (κ2) is 7.06. The van der Waals surface area contributed by atoms with Crippen LogP contribution in [0.2, 0.25) is 0 Å². The largest absolute Gasteiger partial charge is 0.497 e. The highest BCUT2D eigenvalue weighted by atomic mass is 16.6. The molecule has 1 aromatic carbocycles. The first-order valence-electron chi connectivity index (χ1n) is 9.21. The van der Waals surface area contributed by atoms with E-state index in [4.69, 9.17) is 9.47 Å². The molecule has 0 saturated carbocycles. The molecule has 2 saturated heterocycles. The number of hydrogen-bond donors (Lipinski definition) is 0. The molecule has 2 atom stereocenters. The van der Waals surface area contributed by atoms with Gasteiger partial charge in [0.25, 0.3) is 0 Å². The Morgan fingerprint density at radius 1 is 1.15 bits per heavy atom. The molecule has 7 nitrogen and oxygen atoms in total. The van der Waals surface area contributed by atoms with Gasteiger partial charge in [0.05, 0.1) is 19.7 Å². The summed E-state index contributed by atoms with van der Waals surface area (Å²) >= 11 is 0. The van der Waals surface area contributed by atoms with Crippen molar-refractivity contribution in [3.8, 4) is 5.75 Å². The van der Waals surface area contributed by atoms with Crippen LogP contribution in [0.3, 0.4) is 0 Å². The molecule has 142 valence electrons. The highest BCUT2D eigenvalue weighted by Gasteiger charge is 2.48. The van der Waals surface area contributed by atoms with Crippen LogP contribution in [0.4, 0.5) is 10.7 Å². The third kappa shape index (κ3) is 3.54. The van der Waals surface area contributed by atoms with Crippen molar-refractivity contribution < 1.29 is 14.3 Å². The summed E-state index contributed by atoms with van der Waals surface area (Å²) < 4.78 is 10.8. The molecule has 0 N–H and O–H groups in total. The number of aromatic nitrogens is 2.